The van der Waals surface area contributed by atoms with Crippen LogP contribution in [-0.2, 0) is 4.79 Å². The lowest BCUT2D eigenvalue weighted by Gasteiger charge is -2.14. The Kier molecular flexibility index (Phi) is 3.51. The van der Waals surface area contributed by atoms with E-state index in [-0.39, 0.29) is 16.9 Å². The Morgan fingerprint density at radius 2 is 2.10 bits per heavy atom. The minimum Gasteiger partial charge on any atom is -0.368 e. The van der Waals surface area contributed by atoms with Gasteiger partial charge in [0.2, 0.25) is 5.91 Å². The predicted octanol–water partition coefficient (Wildman–Crippen LogP) is 1.74. The fourth-order valence-electron chi connectivity index (χ4n) is 2.03. The summed E-state index contributed by atoms with van der Waals surface area (Å²) in [6.45, 7) is 0.821. The van der Waals surface area contributed by atoms with Crippen LogP contribution in [0.2, 0.25) is 0 Å². The van der Waals surface area contributed by atoms with Crippen molar-refractivity contribution >= 4 is 39.6 Å². The zero-order valence-electron chi connectivity index (χ0n) is 10.6. The van der Waals surface area contributed by atoms with E-state index in [4.69, 9.17) is 0 Å². The molecule has 1 aromatic carbocycles. The second-order valence-corrected chi connectivity index (χ2v) is 5.19. The Hall–Kier alpha value is -2.15. The molecule has 2 amide bonds. The van der Waals surface area contributed by atoms with Crippen molar-refractivity contribution in [2.24, 2.45) is 0 Å². The van der Waals surface area contributed by atoms with Gasteiger partial charge in [-0.3, -0.25) is 14.5 Å². The Labute approximate surface area is 119 Å². The number of nitrogens with one attached hydrogen (secondary N) is 1. The number of rotatable bonds is 4. The van der Waals surface area contributed by atoms with Crippen LogP contribution >= 0.6 is 11.8 Å². The van der Waals surface area contributed by atoms with Gasteiger partial charge in [0, 0.05) is 18.5 Å². The Bertz CT molecular complexity index is 655. The first kappa shape index (κ1) is 12.9. The van der Waals surface area contributed by atoms with Crippen molar-refractivity contribution in [1.29, 1.82) is 0 Å². The number of benzene rings is 1. The molecule has 0 unspecified atom stereocenters. The van der Waals surface area contributed by atoms with E-state index < -0.39 is 0 Å². The summed E-state index contributed by atoms with van der Waals surface area (Å²) >= 11 is 1.05. The summed E-state index contributed by atoms with van der Waals surface area (Å²) in [4.78, 5) is 32.6. The van der Waals surface area contributed by atoms with E-state index in [0.717, 1.165) is 22.7 Å². The third-order valence-electron chi connectivity index (χ3n) is 3.01. The minimum atomic E-state index is -0.177. The predicted molar refractivity (Wildman–Crippen MR) is 77.6 cm³/mol. The average Bonchev–Trinajstić information content (AvgIpc) is 2.79. The van der Waals surface area contributed by atoms with Crippen molar-refractivity contribution in [3.8, 4) is 0 Å². The molecule has 0 bridgehead atoms. The minimum absolute atomic E-state index is 0.130. The molecule has 2 heterocycles. The highest BCUT2D eigenvalue weighted by Crippen LogP contribution is 2.20. The maximum Gasteiger partial charge on any atom is 0.288 e. The summed E-state index contributed by atoms with van der Waals surface area (Å²) in [5.74, 6) is 0.826. The lowest BCUT2D eigenvalue weighted by molar-refractivity contribution is -0.124. The zero-order valence-corrected chi connectivity index (χ0v) is 11.4. The molecule has 0 spiro atoms. The van der Waals surface area contributed by atoms with Crippen molar-refractivity contribution in [1.82, 2.24) is 14.9 Å². The maximum atomic E-state index is 11.5. The van der Waals surface area contributed by atoms with Gasteiger partial charge >= 0.3 is 0 Å². The van der Waals surface area contributed by atoms with Gasteiger partial charge in [-0.15, -0.1) is 0 Å². The van der Waals surface area contributed by atoms with E-state index in [1.54, 1.807) is 0 Å². The second kappa shape index (κ2) is 5.46. The monoisotopic (exact) mass is 288 g/mol. The highest BCUT2D eigenvalue weighted by atomic mass is 32.2. The van der Waals surface area contributed by atoms with Crippen LogP contribution < -0.4 is 5.32 Å². The molecular weight excluding hydrogens is 276 g/mol. The van der Waals surface area contributed by atoms with Gasteiger partial charge in [0.05, 0.1) is 11.3 Å². The molecule has 1 fully saturated rings. The van der Waals surface area contributed by atoms with Crippen LogP contribution in [0.25, 0.3) is 10.9 Å². The van der Waals surface area contributed by atoms with Crippen LogP contribution in [0.4, 0.5) is 10.6 Å². The van der Waals surface area contributed by atoms with E-state index in [0.29, 0.717) is 18.9 Å². The number of amides is 2. The van der Waals surface area contributed by atoms with Crippen LogP contribution in [0.3, 0.4) is 0 Å². The number of para-hydroxylation sites is 1. The number of thioether (sulfide) groups is 1. The molecule has 0 radical (unpaired) electrons. The molecule has 1 saturated heterocycles. The average molecular weight is 288 g/mol. The van der Waals surface area contributed by atoms with Crippen LogP contribution in [0.5, 0.6) is 0 Å². The van der Waals surface area contributed by atoms with Gasteiger partial charge in [-0.2, -0.15) is 0 Å². The third-order valence-corrected chi connectivity index (χ3v) is 3.87. The fraction of sp³-hybridized carbons (Fsp3) is 0.231. The van der Waals surface area contributed by atoms with Gasteiger partial charge in [0.25, 0.3) is 5.24 Å². The first-order valence-electron chi connectivity index (χ1n) is 6.16. The lowest BCUT2D eigenvalue weighted by atomic mass is 10.2. The summed E-state index contributed by atoms with van der Waals surface area (Å²) in [6.07, 6.45) is 1.49. The molecule has 0 saturated carbocycles. The van der Waals surface area contributed by atoms with E-state index in [2.05, 4.69) is 15.3 Å². The number of nitrogens with zero attached hydrogens (tertiary/aromatic N) is 3. The topological polar surface area (TPSA) is 75.2 Å². The van der Waals surface area contributed by atoms with Crippen molar-refractivity contribution in [2.75, 3.05) is 24.2 Å². The second-order valence-electron chi connectivity index (χ2n) is 4.27. The Morgan fingerprint density at radius 3 is 2.90 bits per heavy atom. The highest BCUT2D eigenvalue weighted by Gasteiger charge is 2.29. The zero-order chi connectivity index (χ0) is 13.9. The summed E-state index contributed by atoms with van der Waals surface area (Å²) in [5, 5.41) is 3.89. The summed E-state index contributed by atoms with van der Waals surface area (Å²) < 4.78 is 0. The van der Waals surface area contributed by atoms with Crippen LogP contribution in [-0.4, -0.2) is 44.9 Å². The first-order valence-corrected chi connectivity index (χ1v) is 7.15. The van der Waals surface area contributed by atoms with Gasteiger partial charge in [0.15, 0.2) is 0 Å². The number of carbonyl (C=O) groups excluding carboxylic acids is 2. The number of fused-ring (bicyclic) bond motifs is 1. The van der Waals surface area contributed by atoms with E-state index >= 15 is 0 Å². The van der Waals surface area contributed by atoms with Crippen molar-refractivity contribution in [3.63, 3.8) is 0 Å². The standard InChI is InChI=1S/C13H12N4O2S/c18-11-7-20-13(19)17(11)6-5-14-12-9-3-1-2-4-10(9)15-8-16-12/h1-4,8H,5-7H2,(H,14,15,16). The van der Waals surface area contributed by atoms with Gasteiger partial charge in [0.1, 0.15) is 12.1 Å². The molecule has 3 rings (SSSR count). The molecule has 20 heavy (non-hydrogen) atoms. The number of anilines is 1. The molecular formula is C13H12N4O2S. The van der Waals surface area contributed by atoms with Gasteiger partial charge < -0.3 is 5.32 Å². The first-order chi connectivity index (χ1) is 9.75. The molecule has 1 aromatic heterocycles. The van der Waals surface area contributed by atoms with E-state index in [1.807, 2.05) is 24.3 Å². The summed E-state index contributed by atoms with van der Waals surface area (Å²) in [5.41, 5.74) is 0.855. The van der Waals surface area contributed by atoms with Crippen LogP contribution in [0, 0.1) is 0 Å². The molecule has 0 aliphatic carbocycles. The van der Waals surface area contributed by atoms with Crippen molar-refractivity contribution in [2.45, 2.75) is 0 Å². The van der Waals surface area contributed by atoms with Crippen molar-refractivity contribution in [3.05, 3.63) is 30.6 Å². The Balaban J connectivity index is 1.68. The lowest BCUT2D eigenvalue weighted by Crippen LogP contribution is -2.33. The van der Waals surface area contributed by atoms with Crippen molar-refractivity contribution < 1.29 is 9.59 Å². The fourth-order valence-corrected chi connectivity index (χ4v) is 2.78. The van der Waals surface area contributed by atoms with E-state index in [1.165, 1.54) is 11.2 Å². The van der Waals surface area contributed by atoms with Gasteiger partial charge in [-0.1, -0.05) is 23.9 Å². The molecule has 2 aromatic rings. The normalized spacial score (nSPS) is 15.1. The number of hydrogen-bond acceptors (Lipinski definition) is 6. The molecule has 102 valence electrons. The number of hydrogen-bond donors (Lipinski definition) is 1. The quantitative estimate of drug-likeness (QED) is 0.923. The number of carbonyl (C=O) groups is 2. The molecule has 7 heteroatoms. The van der Waals surface area contributed by atoms with Crippen LogP contribution in [0.1, 0.15) is 0 Å². The molecule has 0 atom stereocenters. The highest BCUT2D eigenvalue weighted by molar-refractivity contribution is 8.14. The summed E-state index contributed by atoms with van der Waals surface area (Å²) in [7, 11) is 0. The SMILES string of the molecule is O=C1CSC(=O)N1CCNc1ncnc2ccccc12. The number of aromatic nitrogens is 2. The molecule has 1 N–H and O–H groups in total. The van der Waals surface area contributed by atoms with Crippen LogP contribution in [0.15, 0.2) is 30.6 Å². The third kappa shape index (κ3) is 2.44. The van der Waals surface area contributed by atoms with Gasteiger partial charge in [-0.05, 0) is 12.1 Å². The maximum absolute atomic E-state index is 11.5. The summed E-state index contributed by atoms with van der Waals surface area (Å²) in [6, 6.07) is 7.67. The van der Waals surface area contributed by atoms with Gasteiger partial charge in [-0.25, -0.2) is 9.97 Å². The molecule has 1 aliphatic heterocycles. The largest absolute Gasteiger partial charge is 0.368 e. The smallest absolute Gasteiger partial charge is 0.288 e. The number of imide groups is 1. The molecule has 6 nitrogen and oxygen atoms in total. The van der Waals surface area contributed by atoms with E-state index in [9.17, 15) is 9.59 Å². The molecule has 1 aliphatic rings. The Morgan fingerprint density at radius 1 is 1.25 bits per heavy atom.